The van der Waals surface area contributed by atoms with Crippen molar-refractivity contribution in [1.29, 1.82) is 0 Å². The topological polar surface area (TPSA) is 56.3 Å². The second-order valence-electron chi connectivity index (χ2n) is 9.88. The predicted molar refractivity (Wildman–Crippen MR) is 115 cm³/mol. The van der Waals surface area contributed by atoms with Crippen LogP contribution < -0.4 is 0 Å². The summed E-state index contributed by atoms with van der Waals surface area (Å²) in [6, 6.07) is 11.0. The van der Waals surface area contributed by atoms with Gasteiger partial charge in [0.25, 0.3) is 0 Å². The van der Waals surface area contributed by atoms with Crippen molar-refractivity contribution in [3.05, 3.63) is 35.9 Å². The van der Waals surface area contributed by atoms with Crippen molar-refractivity contribution in [2.75, 3.05) is 39.4 Å². The van der Waals surface area contributed by atoms with E-state index in [1.54, 1.807) is 4.90 Å². The molecule has 1 aromatic rings. The summed E-state index contributed by atoms with van der Waals surface area (Å²) in [6.07, 6.45) is -0.818. The Balaban J connectivity index is 1.89. The summed E-state index contributed by atoms with van der Waals surface area (Å²) in [4.78, 5) is 18.9. The molecule has 3 rings (SSSR count). The number of hydrogen-bond acceptors (Lipinski definition) is 4. The number of rotatable bonds is 4. The van der Waals surface area contributed by atoms with Crippen molar-refractivity contribution < 1.29 is 14.6 Å². The van der Waals surface area contributed by atoms with E-state index < -0.39 is 11.6 Å². The third-order valence-corrected chi connectivity index (χ3v) is 7.04. The van der Waals surface area contributed by atoms with Crippen molar-refractivity contribution >= 4 is 6.09 Å². The Morgan fingerprint density at radius 3 is 2.52 bits per heavy atom. The number of hydrogen-bond donors (Lipinski definition) is 1. The van der Waals surface area contributed by atoms with E-state index in [0.717, 1.165) is 39.4 Å². The van der Waals surface area contributed by atoms with Crippen LogP contribution in [0.2, 0.25) is 0 Å². The van der Waals surface area contributed by atoms with E-state index >= 15 is 0 Å². The van der Waals surface area contributed by atoms with Crippen LogP contribution in [0.5, 0.6) is 0 Å². The van der Waals surface area contributed by atoms with Gasteiger partial charge in [-0.3, -0.25) is 14.7 Å². The smallest absolute Gasteiger partial charge is 0.407 e. The molecule has 1 N–H and O–H groups in total. The maximum Gasteiger partial charge on any atom is 0.407 e. The Morgan fingerprint density at radius 2 is 1.93 bits per heavy atom. The standard InChI is InChI=1S/C23H37N3O3/c1-18-16-29-12-11-24(18)14-20-15-26(21(27)28)23(5,22(2,3)4)17-25(20)13-19-9-7-6-8-10-19/h6-10,18,20H,11-17H2,1-5H3,(H,27,28)/t18-,20+,23+/m1/s1. The van der Waals surface area contributed by atoms with Gasteiger partial charge in [0.05, 0.1) is 18.8 Å². The molecular weight excluding hydrogens is 366 g/mol. The fraction of sp³-hybridized carbons (Fsp3) is 0.696. The van der Waals surface area contributed by atoms with Gasteiger partial charge < -0.3 is 9.84 Å². The average Bonchev–Trinajstić information content (AvgIpc) is 2.65. The lowest BCUT2D eigenvalue weighted by Gasteiger charge is -2.57. The Labute approximate surface area is 175 Å². The molecule has 0 spiro atoms. The molecule has 2 saturated heterocycles. The molecule has 1 aromatic carbocycles. The van der Waals surface area contributed by atoms with Crippen LogP contribution in [0.4, 0.5) is 4.79 Å². The van der Waals surface area contributed by atoms with E-state index in [1.807, 2.05) is 6.07 Å². The van der Waals surface area contributed by atoms with Crippen LogP contribution in [0, 0.1) is 5.41 Å². The first kappa shape index (κ1) is 22.1. The van der Waals surface area contributed by atoms with Crippen molar-refractivity contribution in [2.45, 2.75) is 58.8 Å². The van der Waals surface area contributed by atoms with Gasteiger partial charge in [-0.05, 0) is 24.8 Å². The minimum Gasteiger partial charge on any atom is -0.465 e. The molecule has 2 aliphatic heterocycles. The number of ether oxygens (including phenoxy) is 1. The van der Waals surface area contributed by atoms with E-state index in [9.17, 15) is 9.90 Å². The molecule has 0 radical (unpaired) electrons. The van der Waals surface area contributed by atoms with Crippen molar-refractivity contribution in [2.24, 2.45) is 5.41 Å². The molecule has 3 atom stereocenters. The predicted octanol–water partition coefficient (Wildman–Crippen LogP) is 3.38. The Morgan fingerprint density at radius 1 is 1.24 bits per heavy atom. The second-order valence-corrected chi connectivity index (χ2v) is 9.88. The molecule has 2 fully saturated rings. The SMILES string of the molecule is C[C@@H]1COCCN1C[C@H]1CN(C(=O)O)[C@](C)(C(C)(C)C)CN1Cc1ccccc1. The van der Waals surface area contributed by atoms with E-state index in [2.05, 4.69) is 68.7 Å². The molecule has 0 aromatic heterocycles. The Hall–Kier alpha value is -1.63. The Kier molecular flexibility index (Phi) is 6.56. The number of piperazine rings is 1. The zero-order chi connectivity index (χ0) is 21.2. The van der Waals surface area contributed by atoms with Crippen LogP contribution >= 0.6 is 0 Å². The van der Waals surface area contributed by atoms with E-state index in [1.165, 1.54) is 5.56 Å². The van der Waals surface area contributed by atoms with Crippen molar-refractivity contribution in [1.82, 2.24) is 14.7 Å². The number of benzene rings is 1. The third-order valence-electron chi connectivity index (χ3n) is 7.04. The minimum absolute atomic E-state index is 0.155. The molecule has 0 bridgehead atoms. The Bertz CT molecular complexity index is 690. The summed E-state index contributed by atoms with van der Waals surface area (Å²) in [7, 11) is 0. The summed E-state index contributed by atoms with van der Waals surface area (Å²) < 4.78 is 5.60. The molecule has 162 valence electrons. The number of carboxylic acid groups (broad SMARTS) is 1. The third kappa shape index (κ3) is 4.76. The van der Waals surface area contributed by atoms with Crippen LogP contribution in [0.25, 0.3) is 0 Å². The highest BCUT2D eigenvalue weighted by atomic mass is 16.5. The fourth-order valence-corrected chi connectivity index (χ4v) is 4.55. The summed E-state index contributed by atoms with van der Waals surface area (Å²) in [5.74, 6) is 0. The summed E-state index contributed by atoms with van der Waals surface area (Å²) in [6.45, 7) is 16.1. The van der Waals surface area contributed by atoms with Crippen LogP contribution in [0.1, 0.15) is 40.2 Å². The first-order valence-electron chi connectivity index (χ1n) is 10.7. The highest BCUT2D eigenvalue weighted by Crippen LogP contribution is 2.40. The lowest BCUT2D eigenvalue weighted by molar-refractivity contribution is -0.0856. The van der Waals surface area contributed by atoms with Crippen LogP contribution in [-0.2, 0) is 11.3 Å². The number of morpholine rings is 1. The van der Waals surface area contributed by atoms with Gasteiger partial charge in [0.1, 0.15) is 0 Å². The fourth-order valence-electron chi connectivity index (χ4n) is 4.55. The molecule has 6 nitrogen and oxygen atoms in total. The van der Waals surface area contributed by atoms with Crippen LogP contribution in [0.15, 0.2) is 30.3 Å². The number of nitrogens with zero attached hydrogens (tertiary/aromatic N) is 3. The lowest BCUT2D eigenvalue weighted by atomic mass is 9.71. The molecule has 6 heteroatoms. The average molecular weight is 404 g/mol. The quantitative estimate of drug-likeness (QED) is 0.835. The number of carbonyl (C=O) groups is 1. The zero-order valence-electron chi connectivity index (χ0n) is 18.6. The van der Waals surface area contributed by atoms with E-state index in [-0.39, 0.29) is 11.5 Å². The summed E-state index contributed by atoms with van der Waals surface area (Å²) >= 11 is 0. The first-order chi connectivity index (χ1) is 13.6. The molecule has 0 saturated carbocycles. The normalized spacial score (nSPS) is 29.8. The van der Waals surface area contributed by atoms with Gasteiger partial charge in [0, 0.05) is 44.8 Å². The highest BCUT2D eigenvalue weighted by Gasteiger charge is 2.51. The van der Waals surface area contributed by atoms with Gasteiger partial charge in [-0.2, -0.15) is 0 Å². The molecule has 0 aliphatic carbocycles. The van der Waals surface area contributed by atoms with Gasteiger partial charge in [-0.1, -0.05) is 51.1 Å². The lowest BCUT2D eigenvalue weighted by Crippen LogP contribution is -2.71. The molecule has 1 amide bonds. The van der Waals surface area contributed by atoms with Crippen molar-refractivity contribution in [3.63, 3.8) is 0 Å². The summed E-state index contributed by atoms with van der Waals surface area (Å²) in [5, 5.41) is 10.1. The highest BCUT2D eigenvalue weighted by molar-refractivity contribution is 5.66. The maximum absolute atomic E-state index is 12.3. The van der Waals surface area contributed by atoms with Gasteiger partial charge in [-0.25, -0.2) is 4.79 Å². The van der Waals surface area contributed by atoms with Gasteiger partial charge in [0.2, 0.25) is 0 Å². The molecule has 2 aliphatic rings. The van der Waals surface area contributed by atoms with Gasteiger partial charge >= 0.3 is 6.09 Å². The molecule has 29 heavy (non-hydrogen) atoms. The van der Waals surface area contributed by atoms with Crippen LogP contribution in [0.3, 0.4) is 0 Å². The minimum atomic E-state index is -0.818. The second kappa shape index (κ2) is 8.62. The first-order valence-corrected chi connectivity index (χ1v) is 10.7. The molecular formula is C23H37N3O3. The summed E-state index contributed by atoms with van der Waals surface area (Å²) in [5.41, 5.74) is 0.644. The van der Waals surface area contributed by atoms with Crippen LogP contribution in [-0.4, -0.2) is 82.9 Å². The van der Waals surface area contributed by atoms with E-state index in [4.69, 9.17) is 4.74 Å². The molecule has 2 heterocycles. The number of amides is 1. The molecule has 0 unspecified atom stereocenters. The monoisotopic (exact) mass is 403 g/mol. The van der Waals surface area contributed by atoms with Gasteiger partial charge in [0.15, 0.2) is 0 Å². The van der Waals surface area contributed by atoms with Gasteiger partial charge in [-0.15, -0.1) is 0 Å². The zero-order valence-corrected chi connectivity index (χ0v) is 18.6. The maximum atomic E-state index is 12.3. The van der Waals surface area contributed by atoms with E-state index in [0.29, 0.717) is 12.6 Å². The largest absolute Gasteiger partial charge is 0.465 e. The van der Waals surface area contributed by atoms with Crippen molar-refractivity contribution in [3.8, 4) is 0 Å².